The highest BCUT2D eigenvalue weighted by Gasteiger charge is 2.60. The van der Waals surface area contributed by atoms with Gasteiger partial charge < -0.3 is 0 Å². The Kier molecular flexibility index (Phi) is 18.9. The Balaban J connectivity index is 0.613. The zero-order chi connectivity index (χ0) is 54.3. The molecule has 0 aliphatic heterocycles. The van der Waals surface area contributed by atoms with Crippen molar-refractivity contribution in [1.82, 2.24) is 9.80 Å². The topological polar surface area (TPSA) is 6.48 Å². The predicted molar refractivity (Wildman–Crippen MR) is 345 cm³/mol. The molecule has 15 aliphatic rings. The Hall–Kier alpha value is -0.600. The molecule has 2 nitrogen and oxygen atoms in total. The zero-order valence-electron chi connectivity index (χ0n) is 53.6. The van der Waals surface area contributed by atoms with E-state index in [1.165, 1.54) is 180 Å². The fraction of sp³-hybridized carbons (Fsp3) is 0.950. The van der Waals surface area contributed by atoms with E-state index in [2.05, 4.69) is 34.1 Å². The quantitative estimate of drug-likeness (QED) is 0.180. The molecule has 12 unspecified atom stereocenters. The van der Waals surface area contributed by atoms with Crippen molar-refractivity contribution in [3.63, 3.8) is 0 Å². The van der Waals surface area contributed by atoms with Crippen LogP contribution in [-0.2, 0) is 0 Å². The van der Waals surface area contributed by atoms with E-state index in [-0.39, 0.29) is 0 Å². The van der Waals surface area contributed by atoms with E-state index >= 15 is 0 Å². The maximum atomic E-state index is 3.39. The van der Waals surface area contributed by atoms with Gasteiger partial charge in [-0.3, -0.25) is 9.80 Å². The van der Waals surface area contributed by atoms with Crippen molar-refractivity contribution in [2.24, 2.45) is 118 Å². The summed E-state index contributed by atoms with van der Waals surface area (Å²) < 4.78 is 0. The smallest absolute Gasteiger partial charge is 0.0107 e. The van der Waals surface area contributed by atoms with Gasteiger partial charge in [-0.25, -0.2) is 0 Å². The van der Waals surface area contributed by atoms with Crippen LogP contribution in [0.2, 0.25) is 0 Å². The average molecular weight is 1120 g/mol. The normalized spacial score (nSPS) is 47.7. The zero-order valence-corrected chi connectivity index (χ0v) is 53.6. The van der Waals surface area contributed by atoms with E-state index in [0.717, 1.165) is 155 Å². The molecule has 0 heterocycles. The summed E-state index contributed by atoms with van der Waals surface area (Å²) in [7, 11) is 0. The molecule has 0 saturated heterocycles. The molecule has 0 radical (unpaired) electrons. The number of hydrogen-bond acceptors (Lipinski definition) is 2. The van der Waals surface area contributed by atoms with Gasteiger partial charge in [0.05, 0.1) is 0 Å². The minimum atomic E-state index is 0.874. The van der Waals surface area contributed by atoms with Gasteiger partial charge in [-0.15, -0.1) is 0 Å². The molecule has 0 spiro atoms. The van der Waals surface area contributed by atoms with Gasteiger partial charge in [-0.2, -0.15) is 0 Å². The first-order valence-electron chi connectivity index (χ1n) is 39.5. The highest BCUT2D eigenvalue weighted by molar-refractivity contribution is 5.10. The number of rotatable bonds is 12. The standard InChI is InChI=1S/C80H130N2/c1-5-15-55(16-6-1)25-27-57-29-40-68(41-30-57)81(66-20-9-3-10-21-66)70-44-37-60(38-45-70)73-47-48-74(80-76(73)50-49-75-72-24-14-13-19-59(72)39-46-77(75)80)65-51-61-33-35-63-53-71(54-64-36-34-62(52-65)78(61)79(63)64)82(67-22-11-4-12-23-67)69-42-31-58(32-43-69)28-26-56-17-7-2-8-18-56/h25-28,55-80H,1-24,29-54H2. The van der Waals surface area contributed by atoms with Crippen LogP contribution in [0.1, 0.15) is 321 Å². The van der Waals surface area contributed by atoms with Crippen LogP contribution < -0.4 is 0 Å². The molecule has 0 aromatic carbocycles. The van der Waals surface area contributed by atoms with Crippen LogP contribution in [0.3, 0.4) is 0 Å². The van der Waals surface area contributed by atoms with Gasteiger partial charge in [0.25, 0.3) is 0 Å². The molecule has 12 atom stereocenters. The number of nitrogens with zero attached hydrogens (tertiary/aromatic N) is 2. The van der Waals surface area contributed by atoms with Gasteiger partial charge in [-0.05, 0) is 343 Å². The summed E-state index contributed by atoms with van der Waals surface area (Å²) in [6.07, 6.45) is 88.5. The second-order valence-electron chi connectivity index (χ2n) is 34.8. The van der Waals surface area contributed by atoms with Gasteiger partial charge in [-0.1, -0.05) is 121 Å². The third kappa shape index (κ3) is 12.3. The summed E-state index contributed by atoms with van der Waals surface area (Å²) in [5, 5.41) is 0. The Morgan fingerprint density at radius 3 is 1.01 bits per heavy atom. The molecule has 0 N–H and O–H groups in total. The Labute approximate surface area is 507 Å². The second-order valence-corrected chi connectivity index (χ2v) is 34.8. The van der Waals surface area contributed by atoms with E-state index in [1.54, 1.807) is 141 Å². The van der Waals surface area contributed by atoms with Crippen LogP contribution in [0, 0.1) is 118 Å². The lowest BCUT2D eigenvalue weighted by molar-refractivity contribution is -0.143. The fourth-order valence-corrected chi connectivity index (χ4v) is 27.8. The molecule has 15 saturated carbocycles. The monoisotopic (exact) mass is 1120 g/mol. The van der Waals surface area contributed by atoms with Gasteiger partial charge in [0.1, 0.15) is 0 Å². The summed E-state index contributed by atoms with van der Waals surface area (Å²) in [6, 6.07) is 5.41. The van der Waals surface area contributed by atoms with E-state index in [0.29, 0.717) is 0 Å². The molecule has 15 aliphatic carbocycles. The van der Waals surface area contributed by atoms with Crippen molar-refractivity contribution in [3.05, 3.63) is 24.3 Å². The Morgan fingerprint density at radius 1 is 0.171 bits per heavy atom. The Bertz CT molecular complexity index is 1990. The van der Waals surface area contributed by atoms with Crippen molar-refractivity contribution in [2.45, 2.75) is 357 Å². The summed E-state index contributed by atoms with van der Waals surface area (Å²) >= 11 is 0. The molecular weight excluding hydrogens is 989 g/mol. The van der Waals surface area contributed by atoms with Crippen molar-refractivity contribution < 1.29 is 0 Å². The van der Waals surface area contributed by atoms with Crippen LogP contribution in [0.4, 0.5) is 0 Å². The van der Waals surface area contributed by atoms with Crippen molar-refractivity contribution in [3.8, 4) is 0 Å². The maximum absolute atomic E-state index is 3.39. The van der Waals surface area contributed by atoms with Crippen LogP contribution in [0.5, 0.6) is 0 Å². The molecule has 0 bridgehead atoms. The van der Waals surface area contributed by atoms with Crippen LogP contribution >= 0.6 is 0 Å². The molecule has 0 aromatic heterocycles. The number of hydrogen-bond donors (Lipinski definition) is 0. The lowest BCUT2D eigenvalue weighted by Crippen LogP contribution is -2.59. The maximum Gasteiger partial charge on any atom is 0.0107 e. The Morgan fingerprint density at radius 2 is 0.488 bits per heavy atom. The summed E-state index contributed by atoms with van der Waals surface area (Å²) in [5.74, 6) is 21.0. The van der Waals surface area contributed by atoms with E-state index in [1.807, 2.05) is 0 Å². The average Bonchev–Trinajstić information content (AvgIpc) is 2.19. The molecule has 15 rings (SSSR count). The highest BCUT2D eigenvalue weighted by atomic mass is 15.2. The second kappa shape index (κ2) is 26.8. The van der Waals surface area contributed by atoms with Gasteiger partial charge in [0.2, 0.25) is 0 Å². The molecular formula is C80H130N2. The first-order valence-corrected chi connectivity index (χ1v) is 39.5. The third-order valence-electron chi connectivity index (χ3n) is 31.2. The first kappa shape index (κ1) is 57.8. The van der Waals surface area contributed by atoms with Crippen LogP contribution in [-0.4, -0.2) is 46.1 Å². The van der Waals surface area contributed by atoms with Crippen molar-refractivity contribution in [2.75, 3.05) is 0 Å². The summed E-state index contributed by atoms with van der Waals surface area (Å²) in [5.41, 5.74) is 0. The lowest BCUT2D eigenvalue weighted by Gasteiger charge is -2.64. The van der Waals surface area contributed by atoms with Crippen LogP contribution in [0.15, 0.2) is 24.3 Å². The van der Waals surface area contributed by atoms with Gasteiger partial charge >= 0.3 is 0 Å². The first-order chi connectivity index (χ1) is 40.6. The SMILES string of the molecule is C(=CC1CCC(N(C2CCCCC2)C2CCC(C3CCC(C4CC5CCC6CC(N(C7CCCCC7)C7CCC(C=CC8CCCCC8)CC7)CC7CCC(C4)C5C67)C4C3CCC3C5CCCCC5CCC34)CC2)CC1)C1CCCCC1. The summed E-state index contributed by atoms with van der Waals surface area (Å²) in [4.78, 5) is 6.72. The number of fused-ring (bicyclic) bond motifs is 5. The molecule has 0 aromatic rings. The van der Waals surface area contributed by atoms with Crippen LogP contribution in [0.25, 0.3) is 0 Å². The lowest BCUT2D eigenvalue weighted by atomic mass is 9.42. The predicted octanol–water partition coefficient (Wildman–Crippen LogP) is 21.9. The summed E-state index contributed by atoms with van der Waals surface area (Å²) in [6.45, 7) is 0. The van der Waals surface area contributed by atoms with Crippen molar-refractivity contribution in [1.29, 1.82) is 0 Å². The molecule has 0 amide bonds. The van der Waals surface area contributed by atoms with Gasteiger partial charge in [0, 0.05) is 36.3 Å². The van der Waals surface area contributed by atoms with E-state index < -0.39 is 0 Å². The molecule has 82 heavy (non-hydrogen) atoms. The molecule has 15 fully saturated rings. The highest BCUT2D eigenvalue weighted by Crippen LogP contribution is 2.67. The largest absolute Gasteiger partial charge is 0.294 e. The third-order valence-corrected chi connectivity index (χ3v) is 31.2. The fourth-order valence-electron chi connectivity index (χ4n) is 27.8. The van der Waals surface area contributed by atoms with E-state index in [4.69, 9.17) is 0 Å². The van der Waals surface area contributed by atoms with Gasteiger partial charge in [0.15, 0.2) is 0 Å². The molecule has 460 valence electrons. The minimum Gasteiger partial charge on any atom is -0.294 e. The molecule has 2 heteroatoms. The van der Waals surface area contributed by atoms with Crippen molar-refractivity contribution >= 4 is 0 Å². The van der Waals surface area contributed by atoms with E-state index in [9.17, 15) is 0 Å². The number of allylic oxidation sites excluding steroid dienone is 4. The minimum absolute atomic E-state index is 0.874.